The number of benzene rings is 1. The molecule has 17 heavy (non-hydrogen) atoms. The Bertz CT molecular complexity index is 439. The molecule has 1 fully saturated rings. The van der Waals surface area contributed by atoms with E-state index in [-0.39, 0.29) is 17.7 Å². The number of phenols is 1. The Labute approximate surface area is 122 Å². The Balaban J connectivity index is 2.27. The normalized spacial score (nSPS) is 19.6. The van der Waals surface area contributed by atoms with Gasteiger partial charge in [0.2, 0.25) is 0 Å². The molecule has 0 bridgehead atoms. The molecule has 0 spiro atoms. The summed E-state index contributed by atoms with van der Waals surface area (Å²) in [6, 6.07) is 5.36. The highest BCUT2D eigenvalue weighted by atomic mass is 127. The van der Waals surface area contributed by atoms with Gasteiger partial charge in [-0.1, -0.05) is 15.9 Å². The zero-order chi connectivity index (χ0) is 12.4. The maximum Gasteiger partial charge on any atom is 0.257 e. The lowest BCUT2D eigenvalue weighted by Gasteiger charge is -2.23. The minimum atomic E-state index is -0.0667. The zero-order valence-electron chi connectivity index (χ0n) is 9.20. The SMILES string of the molecule is O=C(c1cc(I)ccc1O)N1CCCC1CBr. The molecule has 1 heterocycles. The van der Waals surface area contributed by atoms with Gasteiger partial charge in [-0.25, -0.2) is 0 Å². The van der Waals surface area contributed by atoms with Crippen molar-refractivity contribution >= 4 is 44.4 Å². The minimum absolute atomic E-state index is 0.0654. The van der Waals surface area contributed by atoms with Crippen LogP contribution in [0.25, 0.3) is 0 Å². The molecule has 0 aromatic heterocycles. The van der Waals surface area contributed by atoms with E-state index in [2.05, 4.69) is 38.5 Å². The number of carbonyl (C=O) groups excluding carboxylic acids is 1. The second kappa shape index (κ2) is 5.56. The number of halogens is 2. The van der Waals surface area contributed by atoms with Gasteiger partial charge in [-0.15, -0.1) is 0 Å². The Morgan fingerprint density at radius 1 is 1.59 bits per heavy atom. The van der Waals surface area contributed by atoms with Crippen LogP contribution >= 0.6 is 38.5 Å². The first kappa shape index (κ1) is 13.1. The van der Waals surface area contributed by atoms with E-state index < -0.39 is 0 Å². The predicted molar refractivity (Wildman–Crippen MR) is 78.7 cm³/mol. The molecule has 1 aliphatic rings. The monoisotopic (exact) mass is 409 g/mol. The van der Waals surface area contributed by atoms with Gasteiger partial charge < -0.3 is 10.0 Å². The van der Waals surface area contributed by atoms with Crippen molar-refractivity contribution in [1.82, 2.24) is 4.90 Å². The third-order valence-electron chi connectivity index (χ3n) is 3.01. The highest BCUT2D eigenvalue weighted by Crippen LogP contribution is 2.26. The lowest BCUT2D eigenvalue weighted by Crippen LogP contribution is -2.36. The third kappa shape index (κ3) is 2.76. The number of phenolic OH excluding ortho intramolecular Hbond substituents is 1. The average Bonchev–Trinajstić information content (AvgIpc) is 2.79. The van der Waals surface area contributed by atoms with Crippen molar-refractivity contribution in [2.75, 3.05) is 11.9 Å². The van der Waals surface area contributed by atoms with Crippen molar-refractivity contribution in [2.45, 2.75) is 18.9 Å². The highest BCUT2D eigenvalue weighted by Gasteiger charge is 2.29. The van der Waals surface area contributed by atoms with E-state index in [1.54, 1.807) is 18.2 Å². The van der Waals surface area contributed by atoms with Crippen LogP contribution in [0.15, 0.2) is 18.2 Å². The molecule has 1 saturated heterocycles. The van der Waals surface area contributed by atoms with E-state index in [1.165, 1.54) is 0 Å². The van der Waals surface area contributed by atoms with Gasteiger partial charge in [-0.05, 0) is 53.6 Å². The van der Waals surface area contributed by atoms with Crippen LogP contribution in [0.2, 0.25) is 0 Å². The van der Waals surface area contributed by atoms with Crippen molar-refractivity contribution < 1.29 is 9.90 Å². The topological polar surface area (TPSA) is 40.5 Å². The smallest absolute Gasteiger partial charge is 0.257 e. The fourth-order valence-corrected chi connectivity index (χ4v) is 3.26. The number of alkyl halides is 1. The molecule has 0 saturated carbocycles. The number of nitrogens with zero attached hydrogens (tertiary/aromatic N) is 1. The molecule has 1 amide bonds. The van der Waals surface area contributed by atoms with Crippen LogP contribution in [0.3, 0.4) is 0 Å². The van der Waals surface area contributed by atoms with E-state index in [1.807, 2.05) is 4.90 Å². The molecule has 0 aliphatic carbocycles. The number of rotatable bonds is 2. The second-order valence-corrected chi connectivity index (χ2v) is 6.00. The van der Waals surface area contributed by atoms with Gasteiger partial charge >= 0.3 is 0 Å². The molecule has 1 atom stereocenters. The van der Waals surface area contributed by atoms with Crippen LogP contribution in [-0.2, 0) is 0 Å². The molecule has 1 unspecified atom stereocenters. The van der Waals surface area contributed by atoms with E-state index in [9.17, 15) is 9.90 Å². The van der Waals surface area contributed by atoms with Crippen LogP contribution in [0.1, 0.15) is 23.2 Å². The van der Waals surface area contributed by atoms with E-state index >= 15 is 0 Å². The summed E-state index contributed by atoms with van der Waals surface area (Å²) in [6.45, 7) is 0.778. The van der Waals surface area contributed by atoms with E-state index in [4.69, 9.17) is 0 Å². The standard InChI is InChI=1S/C12H13BrINO2/c13-7-9-2-1-5-15(9)12(17)10-6-8(14)3-4-11(10)16/h3-4,6,9,16H,1-2,5,7H2. The molecular formula is C12H13BrINO2. The number of hydrogen-bond acceptors (Lipinski definition) is 2. The van der Waals surface area contributed by atoms with Crippen molar-refractivity contribution in [3.63, 3.8) is 0 Å². The van der Waals surface area contributed by atoms with E-state index in [0.29, 0.717) is 5.56 Å². The molecule has 1 aromatic carbocycles. The van der Waals surface area contributed by atoms with Gasteiger partial charge in [0.05, 0.1) is 5.56 Å². The van der Waals surface area contributed by atoms with Crippen molar-refractivity contribution in [3.8, 4) is 5.75 Å². The van der Waals surface area contributed by atoms with E-state index in [0.717, 1.165) is 28.3 Å². The largest absolute Gasteiger partial charge is 0.507 e. The highest BCUT2D eigenvalue weighted by molar-refractivity contribution is 14.1. The molecule has 2 rings (SSSR count). The van der Waals surface area contributed by atoms with Crippen molar-refractivity contribution in [1.29, 1.82) is 0 Å². The maximum absolute atomic E-state index is 12.3. The summed E-state index contributed by atoms with van der Waals surface area (Å²) in [6.07, 6.45) is 2.06. The number of hydrogen-bond donors (Lipinski definition) is 1. The zero-order valence-corrected chi connectivity index (χ0v) is 12.9. The lowest BCUT2D eigenvalue weighted by atomic mass is 10.1. The van der Waals surface area contributed by atoms with Crippen LogP contribution < -0.4 is 0 Å². The van der Waals surface area contributed by atoms with Gasteiger partial charge in [0.15, 0.2) is 0 Å². The molecule has 92 valence electrons. The number of amides is 1. The summed E-state index contributed by atoms with van der Waals surface area (Å²) in [7, 11) is 0. The Morgan fingerprint density at radius 2 is 2.35 bits per heavy atom. The Kier molecular flexibility index (Phi) is 4.30. The minimum Gasteiger partial charge on any atom is -0.507 e. The Morgan fingerprint density at radius 3 is 3.06 bits per heavy atom. The van der Waals surface area contributed by atoms with Gasteiger partial charge in [-0.3, -0.25) is 4.79 Å². The number of likely N-dealkylation sites (tertiary alicyclic amines) is 1. The molecule has 1 aromatic rings. The van der Waals surface area contributed by atoms with Crippen LogP contribution in [0.5, 0.6) is 5.75 Å². The summed E-state index contributed by atoms with van der Waals surface area (Å²) in [5.41, 5.74) is 0.407. The fourth-order valence-electron chi connectivity index (χ4n) is 2.10. The average molecular weight is 410 g/mol. The summed E-state index contributed by atoms with van der Waals surface area (Å²) in [5, 5.41) is 10.6. The van der Waals surface area contributed by atoms with Gasteiger partial charge in [0.25, 0.3) is 5.91 Å². The number of aromatic hydroxyl groups is 1. The molecule has 1 N–H and O–H groups in total. The van der Waals surface area contributed by atoms with Gasteiger partial charge in [0.1, 0.15) is 5.75 Å². The maximum atomic E-state index is 12.3. The molecular weight excluding hydrogens is 397 g/mol. The first-order valence-corrected chi connectivity index (χ1v) is 7.69. The molecule has 0 radical (unpaired) electrons. The molecule has 1 aliphatic heterocycles. The summed E-state index contributed by atoms with van der Waals surface area (Å²) in [5.74, 6) is -0.00129. The Hall–Kier alpha value is -0.300. The van der Waals surface area contributed by atoms with Gasteiger partial charge in [-0.2, -0.15) is 0 Å². The lowest BCUT2D eigenvalue weighted by molar-refractivity contribution is 0.0747. The molecule has 5 heteroatoms. The first-order chi connectivity index (χ1) is 8.13. The predicted octanol–water partition coefficient (Wildman–Crippen LogP) is 3.00. The summed E-state index contributed by atoms with van der Waals surface area (Å²) >= 11 is 5.57. The second-order valence-electron chi connectivity index (χ2n) is 4.11. The summed E-state index contributed by atoms with van der Waals surface area (Å²) < 4.78 is 0.957. The van der Waals surface area contributed by atoms with Crippen LogP contribution in [0, 0.1) is 3.57 Å². The van der Waals surface area contributed by atoms with Crippen molar-refractivity contribution in [2.24, 2.45) is 0 Å². The number of carbonyl (C=O) groups is 1. The van der Waals surface area contributed by atoms with Crippen LogP contribution in [0.4, 0.5) is 0 Å². The first-order valence-electron chi connectivity index (χ1n) is 5.49. The quantitative estimate of drug-likeness (QED) is 0.602. The summed E-state index contributed by atoms with van der Waals surface area (Å²) in [4.78, 5) is 14.2. The molecule has 3 nitrogen and oxygen atoms in total. The van der Waals surface area contributed by atoms with Gasteiger partial charge in [0, 0.05) is 21.5 Å². The fraction of sp³-hybridized carbons (Fsp3) is 0.417. The van der Waals surface area contributed by atoms with Crippen molar-refractivity contribution in [3.05, 3.63) is 27.3 Å². The van der Waals surface area contributed by atoms with Crippen LogP contribution in [-0.4, -0.2) is 33.8 Å². The third-order valence-corrected chi connectivity index (χ3v) is 4.42.